The highest BCUT2D eigenvalue weighted by Gasteiger charge is 2.31. The minimum atomic E-state index is -4.47. The maximum atomic E-state index is 13.2. The fraction of sp³-hybridized carbons (Fsp3) is 0.167. The summed E-state index contributed by atoms with van der Waals surface area (Å²) in [5.41, 5.74) is -0.693. The lowest BCUT2D eigenvalue weighted by molar-refractivity contribution is -0.137. The first-order valence-corrected chi connectivity index (χ1v) is 5.12. The summed E-state index contributed by atoms with van der Waals surface area (Å²) >= 11 is 0. The molecule has 7 heteroatoms. The van der Waals surface area contributed by atoms with Crippen molar-refractivity contribution in [3.05, 3.63) is 53.9 Å². The van der Waals surface area contributed by atoms with E-state index in [4.69, 9.17) is 4.74 Å². The lowest BCUT2D eigenvalue weighted by Gasteiger charge is -2.09. The third-order valence-electron chi connectivity index (χ3n) is 2.20. The smallest absolute Gasteiger partial charge is 0.417 e. The van der Waals surface area contributed by atoms with Gasteiger partial charge in [-0.25, -0.2) is 4.39 Å². The Morgan fingerprint density at radius 1 is 1.21 bits per heavy atom. The predicted octanol–water partition coefficient (Wildman–Crippen LogP) is 3.01. The van der Waals surface area contributed by atoms with Gasteiger partial charge in [-0.1, -0.05) is 0 Å². The summed E-state index contributed by atoms with van der Waals surface area (Å²) in [6.45, 7) is -0.230. The van der Waals surface area contributed by atoms with Crippen molar-refractivity contribution in [2.45, 2.75) is 12.8 Å². The van der Waals surface area contributed by atoms with Crippen molar-refractivity contribution in [1.29, 1.82) is 0 Å². The fourth-order valence-corrected chi connectivity index (χ4v) is 1.32. The molecule has 0 amide bonds. The van der Waals surface area contributed by atoms with Gasteiger partial charge in [-0.3, -0.25) is 9.97 Å². The Morgan fingerprint density at radius 3 is 2.68 bits per heavy atom. The zero-order chi connectivity index (χ0) is 13.9. The van der Waals surface area contributed by atoms with E-state index in [2.05, 4.69) is 16.2 Å². The molecule has 0 atom stereocenters. The molecule has 0 saturated heterocycles. The highest BCUT2D eigenvalue weighted by molar-refractivity contribution is 5.23. The average Bonchev–Trinajstić information content (AvgIpc) is 2.37. The first kappa shape index (κ1) is 13.3. The second kappa shape index (κ2) is 5.21. The number of halogens is 4. The summed E-state index contributed by atoms with van der Waals surface area (Å²) in [6, 6.07) is 2.06. The van der Waals surface area contributed by atoms with Gasteiger partial charge in [0.2, 0.25) is 0 Å². The van der Waals surface area contributed by atoms with Crippen LogP contribution in [0.2, 0.25) is 0 Å². The summed E-state index contributed by atoms with van der Waals surface area (Å²) < 4.78 is 55.5. The molecule has 2 rings (SSSR count). The van der Waals surface area contributed by atoms with Crippen LogP contribution in [0, 0.1) is 12.0 Å². The van der Waals surface area contributed by atoms with E-state index in [1.165, 1.54) is 6.20 Å². The number of hydrogen-bond donors (Lipinski definition) is 0. The van der Waals surface area contributed by atoms with Crippen LogP contribution in [0.1, 0.15) is 11.1 Å². The molecule has 2 aromatic rings. The zero-order valence-electron chi connectivity index (χ0n) is 9.41. The topological polar surface area (TPSA) is 35.0 Å². The van der Waals surface area contributed by atoms with Crippen LogP contribution in [0.4, 0.5) is 17.6 Å². The molecular formula is C12H7F4N2O. The number of pyridine rings is 2. The van der Waals surface area contributed by atoms with Crippen LogP contribution in [-0.4, -0.2) is 9.97 Å². The molecule has 2 heterocycles. The summed E-state index contributed by atoms with van der Waals surface area (Å²) in [5, 5.41) is 0. The number of alkyl halides is 3. The molecule has 2 aromatic heterocycles. The van der Waals surface area contributed by atoms with Gasteiger partial charge in [-0.05, 0) is 6.07 Å². The lowest BCUT2D eigenvalue weighted by atomic mass is 10.2. The van der Waals surface area contributed by atoms with Gasteiger partial charge in [0.05, 0.1) is 18.0 Å². The van der Waals surface area contributed by atoms with E-state index in [9.17, 15) is 17.6 Å². The van der Waals surface area contributed by atoms with Crippen molar-refractivity contribution in [3.8, 4) is 5.75 Å². The van der Waals surface area contributed by atoms with Crippen molar-refractivity contribution in [1.82, 2.24) is 9.97 Å². The van der Waals surface area contributed by atoms with Crippen molar-refractivity contribution >= 4 is 0 Å². The number of hydrogen-bond acceptors (Lipinski definition) is 3. The molecule has 0 saturated carbocycles. The molecule has 0 aliphatic carbocycles. The van der Waals surface area contributed by atoms with E-state index in [1.807, 2.05) is 0 Å². The zero-order valence-corrected chi connectivity index (χ0v) is 9.41. The predicted molar refractivity (Wildman–Crippen MR) is 56.6 cm³/mol. The molecule has 19 heavy (non-hydrogen) atoms. The van der Waals surface area contributed by atoms with Crippen LogP contribution in [0.3, 0.4) is 0 Å². The number of ether oxygens (including phenoxy) is 1. The summed E-state index contributed by atoms with van der Waals surface area (Å²) in [4.78, 5) is 6.88. The summed E-state index contributed by atoms with van der Waals surface area (Å²) in [7, 11) is 0. The highest BCUT2D eigenvalue weighted by atomic mass is 19.4. The van der Waals surface area contributed by atoms with Crippen molar-refractivity contribution in [2.24, 2.45) is 0 Å². The van der Waals surface area contributed by atoms with Gasteiger partial charge in [0, 0.05) is 24.0 Å². The Bertz CT molecular complexity index is 572. The van der Waals surface area contributed by atoms with Gasteiger partial charge in [-0.15, -0.1) is 0 Å². The van der Waals surface area contributed by atoms with E-state index in [1.54, 1.807) is 0 Å². The molecular weight excluding hydrogens is 264 g/mol. The van der Waals surface area contributed by atoms with Crippen LogP contribution in [0.25, 0.3) is 0 Å². The quantitative estimate of drug-likeness (QED) is 0.805. The number of nitrogens with zero attached hydrogens (tertiary/aromatic N) is 2. The Hall–Kier alpha value is -2.18. The minimum absolute atomic E-state index is 0.132. The monoisotopic (exact) mass is 271 g/mol. The van der Waals surface area contributed by atoms with Gasteiger partial charge in [-0.2, -0.15) is 13.2 Å². The number of aromatic nitrogens is 2. The molecule has 0 spiro atoms. The van der Waals surface area contributed by atoms with Gasteiger partial charge >= 0.3 is 6.18 Å². The SMILES string of the molecule is Fc1cn[c]cc1OCc1cncc(C(F)(F)F)c1. The Kier molecular flexibility index (Phi) is 3.64. The normalized spacial score (nSPS) is 11.4. The second-order valence-electron chi connectivity index (χ2n) is 3.61. The van der Waals surface area contributed by atoms with Crippen LogP contribution in [0.15, 0.2) is 30.7 Å². The van der Waals surface area contributed by atoms with Crippen molar-refractivity contribution in [3.63, 3.8) is 0 Å². The minimum Gasteiger partial charge on any atom is -0.486 e. The Labute approximate surface area is 105 Å². The van der Waals surface area contributed by atoms with Crippen LogP contribution < -0.4 is 4.74 Å². The maximum absolute atomic E-state index is 13.2. The van der Waals surface area contributed by atoms with Gasteiger partial charge in [0.15, 0.2) is 11.6 Å². The molecule has 0 unspecified atom stereocenters. The van der Waals surface area contributed by atoms with Crippen molar-refractivity contribution in [2.75, 3.05) is 0 Å². The molecule has 0 aliphatic heterocycles. The molecule has 0 bridgehead atoms. The van der Waals surface area contributed by atoms with Crippen LogP contribution in [0.5, 0.6) is 5.75 Å². The third-order valence-corrected chi connectivity index (χ3v) is 2.20. The molecule has 3 nitrogen and oxygen atoms in total. The maximum Gasteiger partial charge on any atom is 0.417 e. The number of rotatable bonds is 3. The lowest BCUT2D eigenvalue weighted by Crippen LogP contribution is -2.07. The highest BCUT2D eigenvalue weighted by Crippen LogP contribution is 2.29. The van der Waals surface area contributed by atoms with Gasteiger partial charge in [0.1, 0.15) is 6.61 Å². The Morgan fingerprint density at radius 2 is 2.00 bits per heavy atom. The van der Waals surface area contributed by atoms with Crippen LogP contribution in [-0.2, 0) is 12.8 Å². The van der Waals surface area contributed by atoms with Crippen molar-refractivity contribution < 1.29 is 22.3 Å². The summed E-state index contributed by atoms with van der Waals surface area (Å²) in [5.74, 6) is -0.842. The van der Waals surface area contributed by atoms with E-state index >= 15 is 0 Å². The average molecular weight is 271 g/mol. The van der Waals surface area contributed by atoms with Gasteiger partial charge in [0.25, 0.3) is 0 Å². The Balaban J connectivity index is 2.10. The molecule has 99 valence electrons. The van der Waals surface area contributed by atoms with E-state index in [0.717, 1.165) is 18.3 Å². The largest absolute Gasteiger partial charge is 0.486 e. The third kappa shape index (κ3) is 3.40. The molecule has 0 fully saturated rings. The fourth-order valence-electron chi connectivity index (χ4n) is 1.32. The van der Waals surface area contributed by atoms with E-state index in [-0.39, 0.29) is 17.9 Å². The van der Waals surface area contributed by atoms with E-state index in [0.29, 0.717) is 6.20 Å². The first-order chi connectivity index (χ1) is 8.97. The molecule has 0 N–H and O–H groups in total. The standard InChI is InChI=1S/C12H7F4N2O/c13-10-6-17-2-1-11(10)19-7-8-3-9(5-18-4-8)12(14,15)16/h1,3-6H,7H2. The van der Waals surface area contributed by atoms with Gasteiger partial charge < -0.3 is 4.74 Å². The molecule has 0 aromatic carbocycles. The van der Waals surface area contributed by atoms with E-state index < -0.39 is 17.6 Å². The second-order valence-corrected chi connectivity index (χ2v) is 3.61. The van der Waals surface area contributed by atoms with Crippen LogP contribution >= 0.6 is 0 Å². The summed E-state index contributed by atoms with van der Waals surface area (Å²) in [6.07, 6.45) is 0.725. The molecule has 0 aliphatic rings. The first-order valence-electron chi connectivity index (χ1n) is 5.12. The molecule has 1 radical (unpaired) electrons.